The van der Waals surface area contributed by atoms with Gasteiger partial charge in [0.1, 0.15) is 36.3 Å². The molecule has 22 nitrogen and oxygen atoms in total. The first-order valence-electron chi connectivity index (χ1n) is 25.6. The maximum Gasteiger partial charge on any atom is 0.327 e. The molecular weight excluding hydrogens is 1050 g/mol. The van der Waals surface area contributed by atoms with Crippen molar-refractivity contribution in [2.75, 3.05) is 25.1 Å². The number of fused-ring (bicyclic) bond motifs is 1. The molecule has 0 aliphatic carbocycles. The van der Waals surface area contributed by atoms with E-state index >= 15 is 0 Å². The summed E-state index contributed by atoms with van der Waals surface area (Å²) in [5, 5.41) is 40.4. The number of carbonyl (C=O) groups is 9. The zero-order valence-electron chi connectivity index (χ0n) is 43.6. The normalized spacial score (nSPS) is 23.1. The van der Waals surface area contributed by atoms with E-state index in [9.17, 15) is 53.4 Å². The average Bonchev–Trinajstić information content (AvgIpc) is 3.87. The Morgan fingerprint density at radius 2 is 1.11 bits per heavy atom. The number of para-hydroxylation sites is 1. The molecule has 5 aromatic rings. The summed E-state index contributed by atoms with van der Waals surface area (Å²) in [6.45, 7) is 1.47. The molecule has 4 aromatic carbocycles. The van der Waals surface area contributed by atoms with Crippen LogP contribution in [0.1, 0.15) is 53.2 Å². The standard InChI is InChI=1S/C55H67N11O11S2/c1-32(67)45-52(73)61-41(26-33-16-6-3-7-17-33)50(71)63-44(55(76)77)31-79-78-30-38(57)47(68)65-46(66(2)54(75)35-20-10-5-11-21-35)53(74)62-42(27-34-18-8-4-9-19-34)49(70)60-43(28-36-29-58-39-23-13-12-22-37(36)39)51(72)59-40(48(69)64-45)24-14-15-25-56/h3-13,16-23,29,32,38,40-46,58,67H,14-15,24-28,30-31,56-57H2,1-2H3,(H,59,72)(H,60,70)(H,61,73)(H,62,74)(H,63,71)(H,64,69)(H,65,68)(H,76,77)/t32-,38+,40+,41+,42+,43-,44+,45+,46-/m1/s1. The van der Waals surface area contributed by atoms with Crippen LogP contribution in [0.5, 0.6) is 0 Å². The second-order valence-corrected chi connectivity index (χ2v) is 21.5. The van der Waals surface area contributed by atoms with Crippen LogP contribution >= 0.6 is 21.6 Å². The number of nitrogens with one attached hydrogen (secondary N) is 8. The molecule has 1 aliphatic rings. The Balaban J connectivity index is 1.42. The van der Waals surface area contributed by atoms with Gasteiger partial charge in [-0.25, -0.2) is 4.79 Å². The van der Waals surface area contributed by atoms with Gasteiger partial charge in [0.25, 0.3) is 11.8 Å². The number of aliphatic hydroxyl groups is 1. The topological polar surface area (TPSA) is 349 Å². The van der Waals surface area contributed by atoms with Gasteiger partial charge in [0, 0.05) is 60.5 Å². The summed E-state index contributed by atoms with van der Waals surface area (Å²) in [5.41, 5.74) is 14.8. The summed E-state index contributed by atoms with van der Waals surface area (Å²) >= 11 is 0. The number of aliphatic hydroxyl groups excluding tert-OH is 1. The van der Waals surface area contributed by atoms with Crippen LogP contribution in [0.2, 0.25) is 0 Å². The van der Waals surface area contributed by atoms with Gasteiger partial charge in [0.2, 0.25) is 35.4 Å². The maximum atomic E-state index is 14.9. The third-order valence-electron chi connectivity index (χ3n) is 13.0. The van der Waals surface area contributed by atoms with Crippen molar-refractivity contribution in [3.8, 4) is 0 Å². The molecule has 24 heteroatoms. The Bertz CT molecular complexity index is 2900. The van der Waals surface area contributed by atoms with E-state index in [2.05, 4.69) is 42.2 Å². The Labute approximate surface area is 464 Å². The lowest BCUT2D eigenvalue weighted by atomic mass is 10.0. The van der Waals surface area contributed by atoms with Crippen LogP contribution in [-0.2, 0) is 57.6 Å². The monoisotopic (exact) mass is 1120 g/mol. The molecule has 1 fully saturated rings. The fraction of sp³-hybridized carbons (Fsp3) is 0.364. The number of amides is 8. The lowest BCUT2D eigenvalue weighted by Gasteiger charge is -2.31. The number of benzene rings is 4. The van der Waals surface area contributed by atoms with Crippen molar-refractivity contribution in [2.24, 2.45) is 11.5 Å². The van der Waals surface area contributed by atoms with E-state index in [0.29, 0.717) is 29.5 Å². The summed E-state index contributed by atoms with van der Waals surface area (Å²) in [5.74, 6) is -9.00. The van der Waals surface area contributed by atoms with Crippen LogP contribution in [-0.4, -0.2) is 153 Å². The van der Waals surface area contributed by atoms with Gasteiger partial charge >= 0.3 is 5.97 Å². The van der Waals surface area contributed by atoms with Crippen molar-refractivity contribution in [1.82, 2.24) is 47.1 Å². The molecule has 14 N–H and O–H groups in total. The van der Waals surface area contributed by atoms with Gasteiger partial charge in [-0.15, -0.1) is 0 Å². The van der Waals surface area contributed by atoms with Gasteiger partial charge < -0.3 is 68.8 Å². The van der Waals surface area contributed by atoms with Crippen LogP contribution in [0.25, 0.3) is 10.9 Å². The fourth-order valence-corrected chi connectivity index (χ4v) is 10.8. The molecule has 0 spiro atoms. The van der Waals surface area contributed by atoms with Gasteiger partial charge in [-0.1, -0.05) is 119 Å². The van der Waals surface area contributed by atoms with Crippen LogP contribution in [0, 0.1) is 0 Å². The van der Waals surface area contributed by atoms with Gasteiger partial charge in [-0.3, -0.25) is 38.4 Å². The number of aromatic amines is 1. The zero-order chi connectivity index (χ0) is 57.0. The van der Waals surface area contributed by atoms with E-state index in [0.717, 1.165) is 37.4 Å². The van der Waals surface area contributed by atoms with Crippen LogP contribution in [0.15, 0.2) is 121 Å². The van der Waals surface area contributed by atoms with Gasteiger partial charge in [-0.2, -0.15) is 0 Å². The number of rotatable bonds is 14. The van der Waals surface area contributed by atoms with Gasteiger partial charge in [-0.05, 0) is 67.6 Å². The molecule has 1 saturated heterocycles. The number of aliphatic carboxylic acids is 1. The number of carboxylic acids is 1. The zero-order valence-corrected chi connectivity index (χ0v) is 45.2. The summed E-state index contributed by atoms with van der Waals surface area (Å²) in [6.07, 6.45) is -1.45. The van der Waals surface area contributed by atoms with Crippen molar-refractivity contribution in [3.05, 3.63) is 144 Å². The number of carbonyl (C=O) groups excluding carboxylic acids is 8. The largest absolute Gasteiger partial charge is 0.480 e. The number of aromatic nitrogens is 1. The maximum absolute atomic E-state index is 14.9. The number of unbranched alkanes of at least 4 members (excludes halogenated alkanes) is 1. The quantitative estimate of drug-likeness (QED) is 0.0536. The van der Waals surface area contributed by atoms with E-state index in [1.54, 1.807) is 91.1 Å². The molecule has 420 valence electrons. The highest BCUT2D eigenvalue weighted by Gasteiger charge is 2.38. The third-order valence-corrected chi connectivity index (χ3v) is 15.4. The second kappa shape index (κ2) is 29.8. The number of nitrogens with zero attached hydrogens (tertiary/aromatic N) is 1. The highest BCUT2D eigenvalue weighted by molar-refractivity contribution is 8.76. The predicted octanol–water partition coefficient (Wildman–Crippen LogP) is 0.636. The smallest absolute Gasteiger partial charge is 0.327 e. The van der Waals surface area contributed by atoms with Crippen LogP contribution in [0.3, 0.4) is 0 Å². The molecule has 1 aliphatic heterocycles. The predicted molar refractivity (Wildman–Crippen MR) is 299 cm³/mol. The van der Waals surface area contributed by atoms with Crippen molar-refractivity contribution < 1.29 is 53.4 Å². The van der Waals surface area contributed by atoms with Crippen molar-refractivity contribution >= 4 is 85.7 Å². The number of carboxylic acid groups (broad SMARTS) is 1. The summed E-state index contributed by atoms with van der Waals surface area (Å²) < 4.78 is 0. The van der Waals surface area contributed by atoms with Gasteiger partial charge in [0.15, 0.2) is 6.17 Å². The first kappa shape index (κ1) is 60.5. The number of nitrogens with two attached hydrogens (primary N) is 2. The third kappa shape index (κ3) is 17.6. The molecular formula is C55H67N11O11S2. The van der Waals surface area contributed by atoms with E-state index < -0.39 is 108 Å². The molecule has 0 saturated carbocycles. The molecule has 0 bridgehead atoms. The molecule has 0 radical (unpaired) electrons. The molecule has 0 unspecified atom stereocenters. The highest BCUT2D eigenvalue weighted by atomic mass is 33.1. The van der Waals surface area contributed by atoms with Crippen LogP contribution in [0.4, 0.5) is 0 Å². The van der Waals surface area contributed by atoms with Crippen LogP contribution < -0.4 is 48.7 Å². The Morgan fingerprint density at radius 1 is 0.608 bits per heavy atom. The Kier molecular flexibility index (Phi) is 22.8. The second-order valence-electron chi connectivity index (χ2n) is 19.0. The molecule has 9 atom stereocenters. The fourth-order valence-electron chi connectivity index (χ4n) is 8.57. The Hall–Kier alpha value is -7.77. The Morgan fingerprint density at radius 3 is 1.71 bits per heavy atom. The molecule has 79 heavy (non-hydrogen) atoms. The first-order valence-corrected chi connectivity index (χ1v) is 28.1. The minimum absolute atomic E-state index is 0.0265. The van der Waals surface area contributed by atoms with Crippen molar-refractivity contribution in [3.63, 3.8) is 0 Å². The van der Waals surface area contributed by atoms with Crippen molar-refractivity contribution in [2.45, 2.75) is 100 Å². The number of likely N-dealkylation sites (N-methyl/N-ethyl adjacent to an activating group) is 1. The first-order chi connectivity index (χ1) is 37.9. The van der Waals surface area contributed by atoms with Crippen molar-refractivity contribution in [1.29, 1.82) is 0 Å². The lowest BCUT2D eigenvalue weighted by Crippen LogP contribution is -2.63. The number of hydrogen-bond acceptors (Lipinski definition) is 14. The van der Waals surface area contributed by atoms with E-state index in [1.807, 2.05) is 18.2 Å². The minimum atomic E-state index is -1.78. The molecule has 6 rings (SSSR count). The molecule has 2 heterocycles. The highest BCUT2D eigenvalue weighted by Crippen LogP contribution is 2.24. The van der Waals surface area contributed by atoms with E-state index in [4.69, 9.17) is 11.5 Å². The SMILES string of the molecule is C[C@@H](O)[C@@H]1NC(=O)[C@H](CCCCN)NC(=O)[C@@H](Cc2c[nH]c3ccccc23)NC(=O)[C@H](Cc2ccccc2)NC(=O)[C@@H](N(C)C(=O)c2ccccc2)NC(=O)[C@@H](N)CSSC[C@@H](C(=O)O)NC(=O)[C@H](Cc2ccccc2)NC1=O. The van der Waals surface area contributed by atoms with Gasteiger partial charge in [0.05, 0.1) is 12.1 Å². The molecule has 1 aromatic heterocycles. The van der Waals surface area contributed by atoms with E-state index in [-0.39, 0.29) is 49.3 Å². The molecule has 8 amide bonds. The lowest BCUT2D eigenvalue weighted by molar-refractivity contribution is -0.141. The summed E-state index contributed by atoms with van der Waals surface area (Å²) in [4.78, 5) is 132. The summed E-state index contributed by atoms with van der Waals surface area (Å²) in [7, 11) is 3.22. The summed E-state index contributed by atoms with van der Waals surface area (Å²) in [6, 6.07) is 21.9. The number of hydrogen-bond donors (Lipinski definition) is 12. The van der Waals surface area contributed by atoms with E-state index in [1.165, 1.54) is 26.1 Å². The average molecular weight is 1120 g/mol. The number of H-pyrrole nitrogens is 1. The minimum Gasteiger partial charge on any atom is -0.480 e.